The van der Waals surface area contributed by atoms with Crippen molar-refractivity contribution in [2.45, 2.75) is 25.8 Å². The highest BCUT2D eigenvalue weighted by Crippen LogP contribution is 2.18. The van der Waals surface area contributed by atoms with E-state index < -0.39 is 0 Å². The molecule has 2 N–H and O–H groups in total. The maximum absolute atomic E-state index is 12.4. The van der Waals surface area contributed by atoms with E-state index in [9.17, 15) is 4.79 Å². The van der Waals surface area contributed by atoms with Crippen molar-refractivity contribution in [2.24, 2.45) is 0 Å². The molecular weight excluding hydrogens is 309 g/mol. The van der Waals surface area contributed by atoms with Gasteiger partial charge in [0.1, 0.15) is 0 Å². The lowest BCUT2D eigenvalue weighted by Crippen LogP contribution is -2.45. The van der Waals surface area contributed by atoms with Gasteiger partial charge < -0.3 is 15.5 Å². The van der Waals surface area contributed by atoms with Crippen LogP contribution in [-0.2, 0) is 0 Å². The van der Waals surface area contributed by atoms with Crippen LogP contribution in [0.25, 0.3) is 0 Å². The highest BCUT2D eigenvalue weighted by molar-refractivity contribution is 5.95. The van der Waals surface area contributed by atoms with E-state index >= 15 is 0 Å². The molecule has 1 fully saturated rings. The van der Waals surface area contributed by atoms with Gasteiger partial charge in [-0.15, -0.1) is 24.8 Å². The molecule has 1 aromatic carbocycles. The minimum atomic E-state index is 0. The number of halogens is 2. The summed E-state index contributed by atoms with van der Waals surface area (Å²) in [5.41, 5.74) is 7.05. The fraction of sp³-hybridized carbons (Fsp3) is 0.533. The smallest absolute Gasteiger partial charge is 0.253 e. The first kappa shape index (κ1) is 20.0. The quantitative estimate of drug-likeness (QED) is 0.865. The number of carbonyl (C=O) groups is 1. The van der Waals surface area contributed by atoms with Gasteiger partial charge in [0.15, 0.2) is 0 Å². The summed E-state index contributed by atoms with van der Waals surface area (Å²) in [7, 11) is 1.90. The van der Waals surface area contributed by atoms with Crippen LogP contribution in [0.4, 0.5) is 5.69 Å². The molecule has 0 unspecified atom stereocenters. The molecule has 1 heterocycles. The van der Waals surface area contributed by atoms with Crippen LogP contribution in [0.2, 0.25) is 0 Å². The Balaban J connectivity index is 0.00000200. The molecule has 0 radical (unpaired) electrons. The van der Waals surface area contributed by atoms with Crippen LogP contribution < -0.4 is 5.73 Å². The van der Waals surface area contributed by atoms with Crippen molar-refractivity contribution in [1.82, 2.24) is 9.80 Å². The third-order valence-corrected chi connectivity index (χ3v) is 4.01. The zero-order valence-electron chi connectivity index (χ0n) is 12.6. The lowest BCUT2D eigenvalue weighted by Gasteiger charge is -2.36. The molecule has 0 saturated carbocycles. The van der Waals surface area contributed by atoms with E-state index in [1.54, 1.807) is 12.1 Å². The number of rotatable bonds is 3. The van der Waals surface area contributed by atoms with Crippen molar-refractivity contribution in [3.8, 4) is 0 Å². The minimum Gasteiger partial charge on any atom is -0.399 e. The average Bonchev–Trinajstić information content (AvgIpc) is 2.46. The molecule has 0 bridgehead atoms. The topological polar surface area (TPSA) is 49.6 Å². The Morgan fingerprint density at radius 2 is 1.95 bits per heavy atom. The maximum atomic E-state index is 12.4. The van der Waals surface area contributed by atoms with Crippen LogP contribution in [0.3, 0.4) is 0 Å². The van der Waals surface area contributed by atoms with Crippen molar-refractivity contribution in [2.75, 3.05) is 32.4 Å². The summed E-state index contributed by atoms with van der Waals surface area (Å²) in [5.74, 6) is 0.0715. The second-order valence-corrected chi connectivity index (χ2v) is 5.21. The predicted octanol–water partition coefficient (Wildman–Crippen LogP) is 2.67. The Kier molecular flexibility index (Phi) is 8.71. The third-order valence-electron chi connectivity index (χ3n) is 4.01. The summed E-state index contributed by atoms with van der Waals surface area (Å²) in [4.78, 5) is 16.7. The maximum Gasteiger partial charge on any atom is 0.253 e. The Bertz CT molecular complexity index is 448. The number of nitrogen functional groups attached to an aromatic ring is 1. The lowest BCUT2D eigenvalue weighted by atomic mass is 10.0. The van der Waals surface area contributed by atoms with Gasteiger partial charge in [-0.25, -0.2) is 0 Å². The molecule has 1 aliphatic heterocycles. The van der Waals surface area contributed by atoms with Crippen LogP contribution in [0.15, 0.2) is 24.3 Å². The monoisotopic (exact) mass is 333 g/mol. The van der Waals surface area contributed by atoms with E-state index in [1.807, 2.05) is 24.1 Å². The summed E-state index contributed by atoms with van der Waals surface area (Å²) in [6.07, 6.45) is 2.11. The molecule has 0 spiro atoms. The van der Waals surface area contributed by atoms with Gasteiger partial charge in [-0.05, 0) is 37.6 Å². The number of benzene rings is 1. The number of hydrogen-bond acceptors (Lipinski definition) is 3. The summed E-state index contributed by atoms with van der Waals surface area (Å²) in [6, 6.07) is 7.56. The molecule has 1 aliphatic rings. The molecule has 1 amide bonds. The second-order valence-electron chi connectivity index (χ2n) is 5.21. The number of nitrogens with zero attached hydrogens (tertiary/aromatic N) is 2. The number of nitrogens with two attached hydrogens (primary N) is 1. The van der Waals surface area contributed by atoms with Crippen molar-refractivity contribution in [1.29, 1.82) is 0 Å². The van der Waals surface area contributed by atoms with Gasteiger partial charge in [-0.1, -0.05) is 13.0 Å². The fourth-order valence-electron chi connectivity index (χ4n) is 2.66. The van der Waals surface area contributed by atoms with Crippen LogP contribution in [0.5, 0.6) is 0 Å². The van der Waals surface area contributed by atoms with Gasteiger partial charge in [0.05, 0.1) is 0 Å². The molecule has 0 aromatic heterocycles. The number of amides is 1. The third kappa shape index (κ3) is 5.06. The molecule has 0 aliphatic carbocycles. The van der Waals surface area contributed by atoms with Crippen molar-refractivity contribution in [3.63, 3.8) is 0 Å². The zero-order chi connectivity index (χ0) is 13.8. The summed E-state index contributed by atoms with van der Waals surface area (Å²) >= 11 is 0. The van der Waals surface area contributed by atoms with E-state index in [4.69, 9.17) is 5.73 Å². The Morgan fingerprint density at radius 3 is 2.48 bits per heavy atom. The van der Waals surface area contributed by atoms with Gasteiger partial charge in [0.2, 0.25) is 0 Å². The largest absolute Gasteiger partial charge is 0.399 e. The summed E-state index contributed by atoms with van der Waals surface area (Å²) < 4.78 is 0. The number of likely N-dealkylation sites (tertiary alicyclic amines) is 1. The van der Waals surface area contributed by atoms with Gasteiger partial charge in [-0.3, -0.25) is 4.79 Å². The SMILES string of the molecule is CCN1CCC(N(C)C(=O)c2cccc(N)c2)CC1.Cl.Cl. The van der Waals surface area contributed by atoms with Gasteiger partial charge in [0.25, 0.3) is 5.91 Å². The molecule has 2 rings (SSSR count). The Morgan fingerprint density at radius 1 is 1.33 bits per heavy atom. The van der Waals surface area contributed by atoms with Crippen LogP contribution in [-0.4, -0.2) is 48.4 Å². The molecule has 1 aromatic rings. The Hall–Kier alpha value is -0.970. The molecule has 6 heteroatoms. The van der Waals surface area contributed by atoms with Crippen molar-refractivity contribution in [3.05, 3.63) is 29.8 Å². The fourth-order valence-corrected chi connectivity index (χ4v) is 2.66. The van der Waals surface area contributed by atoms with E-state index in [2.05, 4.69) is 11.8 Å². The van der Waals surface area contributed by atoms with E-state index in [-0.39, 0.29) is 30.7 Å². The predicted molar refractivity (Wildman–Crippen MR) is 92.6 cm³/mol. The number of anilines is 1. The molecule has 4 nitrogen and oxygen atoms in total. The summed E-state index contributed by atoms with van der Waals surface area (Å²) in [6.45, 7) is 5.44. The number of carbonyl (C=O) groups excluding carboxylic acids is 1. The molecule has 120 valence electrons. The number of piperidine rings is 1. The Labute approximate surface area is 139 Å². The van der Waals surface area contributed by atoms with Gasteiger partial charge in [0, 0.05) is 37.4 Å². The molecule has 0 atom stereocenters. The highest BCUT2D eigenvalue weighted by atomic mass is 35.5. The lowest BCUT2D eigenvalue weighted by molar-refractivity contribution is 0.0647. The van der Waals surface area contributed by atoms with Gasteiger partial charge >= 0.3 is 0 Å². The first-order chi connectivity index (χ1) is 9.11. The van der Waals surface area contributed by atoms with E-state index in [0.29, 0.717) is 17.3 Å². The van der Waals surface area contributed by atoms with Crippen molar-refractivity contribution >= 4 is 36.4 Å². The first-order valence-corrected chi connectivity index (χ1v) is 6.97. The number of hydrogen-bond donors (Lipinski definition) is 1. The van der Waals surface area contributed by atoms with Crippen LogP contribution >= 0.6 is 24.8 Å². The summed E-state index contributed by atoms with van der Waals surface area (Å²) in [5, 5.41) is 0. The molecule has 1 saturated heterocycles. The van der Waals surface area contributed by atoms with Crippen molar-refractivity contribution < 1.29 is 4.79 Å². The minimum absolute atomic E-state index is 0. The normalized spacial score (nSPS) is 15.7. The van der Waals surface area contributed by atoms with E-state index in [0.717, 1.165) is 32.5 Å². The highest BCUT2D eigenvalue weighted by Gasteiger charge is 2.25. The zero-order valence-corrected chi connectivity index (χ0v) is 14.3. The molecular formula is C15H25Cl2N3O. The second kappa shape index (κ2) is 9.13. The van der Waals surface area contributed by atoms with Crippen LogP contribution in [0.1, 0.15) is 30.1 Å². The average molecular weight is 334 g/mol. The molecule has 21 heavy (non-hydrogen) atoms. The first-order valence-electron chi connectivity index (χ1n) is 6.97. The standard InChI is InChI=1S/C15H23N3O.2ClH/c1-3-18-9-7-14(8-10-18)17(2)15(19)12-5-4-6-13(16)11-12;;/h4-6,11,14H,3,7-10,16H2,1-2H3;2*1H. The van der Waals surface area contributed by atoms with Gasteiger partial charge in [-0.2, -0.15) is 0 Å². The van der Waals surface area contributed by atoms with Crippen LogP contribution in [0, 0.1) is 0 Å². The van der Waals surface area contributed by atoms with E-state index in [1.165, 1.54) is 0 Å².